The van der Waals surface area contributed by atoms with Crippen LogP contribution in [0.2, 0.25) is 0 Å². The van der Waals surface area contributed by atoms with Crippen LogP contribution in [-0.4, -0.2) is 25.2 Å². The highest BCUT2D eigenvalue weighted by molar-refractivity contribution is 5.95. The first kappa shape index (κ1) is 9.92. The predicted molar refractivity (Wildman–Crippen MR) is 52.7 cm³/mol. The number of hydrogen-bond acceptors (Lipinski definition) is 3. The molecule has 1 aliphatic heterocycles. The lowest BCUT2D eigenvalue weighted by Gasteiger charge is -2.26. The molecule has 4 nitrogen and oxygen atoms in total. The Morgan fingerprint density at radius 2 is 2.27 bits per heavy atom. The van der Waals surface area contributed by atoms with Gasteiger partial charge in [-0.1, -0.05) is 0 Å². The normalized spacial score (nSPS) is 15.8. The number of rotatable bonds is 3. The summed E-state index contributed by atoms with van der Waals surface area (Å²) in [7, 11) is 0. The second-order valence-electron chi connectivity index (χ2n) is 3.34. The molecule has 2 rings (SSSR count). The number of amidine groups is 1. The minimum atomic E-state index is -0.505. The van der Waals surface area contributed by atoms with Gasteiger partial charge >= 0.3 is 0 Å². The molecular weight excluding hydrogens is 199 g/mol. The molecule has 1 aromatic carbocycles. The fourth-order valence-corrected chi connectivity index (χ4v) is 1.23. The van der Waals surface area contributed by atoms with Gasteiger partial charge in [-0.15, -0.1) is 0 Å². The molecule has 1 aliphatic rings. The van der Waals surface area contributed by atoms with Gasteiger partial charge in [0.15, 0.2) is 11.6 Å². The summed E-state index contributed by atoms with van der Waals surface area (Å²) in [6.45, 7) is 0.988. The van der Waals surface area contributed by atoms with E-state index in [1.54, 1.807) is 6.07 Å². The van der Waals surface area contributed by atoms with Crippen molar-refractivity contribution in [2.75, 3.05) is 13.2 Å². The average Bonchev–Trinajstić information content (AvgIpc) is 2.12. The van der Waals surface area contributed by atoms with Gasteiger partial charge in [-0.2, -0.15) is 0 Å². The average molecular weight is 210 g/mol. The molecule has 1 saturated heterocycles. The van der Waals surface area contributed by atoms with Crippen LogP contribution < -0.4 is 10.5 Å². The summed E-state index contributed by atoms with van der Waals surface area (Å²) < 4.78 is 23.6. The van der Waals surface area contributed by atoms with E-state index >= 15 is 0 Å². The highest BCUT2D eigenvalue weighted by Crippen LogP contribution is 2.21. The molecule has 5 heteroatoms. The maximum Gasteiger partial charge on any atom is 0.165 e. The monoisotopic (exact) mass is 210 g/mol. The smallest absolute Gasteiger partial charge is 0.165 e. The highest BCUT2D eigenvalue weighted by Gasteiger charge is 2.21. The van der Waals surface area contributed by atoms with Gasteiger partial charge in [-0.25, -0.2) is 4.39 Å². The first-order valence-electron chi connectivity index (χ1n) is 4.55. The number of halogens is 1. The Labute approximate surface area is 86.3 Å². The highest BCUT2D eigenvalue weighted by atomic mass is 19.1. The largest absolute Gasteiger partial charge is 0.483 e. The molecule has 0 amide bonds. The van der Waals surface area contributed by atoms with Crippen LogP contribution in [-0.2, 0) is 4.74 Å². The lowest BCUT2D eigenvalue weighted by molar-refractivity contribution is -0.0808. The van der Waals surface area contributed by atoms with E-state index in [9.17, 15) is 4.39 Å². The lowest BCUT2D eigenvalue weighted by atomic mass is 10.2. The molecule has 1 fully saturated rings. The number of nitrogens with one attached hydrogen (secondary N) is 1. The Kier molecular flexibility index (Phi) is 2.55. The third-order valence-electron chi connectivity index (χ3n) is 2.14. The fourth-order valence-electron chi connectivity index (χ4n) is 1.23. The predicted octanol–water partition coefficient (Wildman–Crippen LogP) is 0.887. The maximum atomic E-state index is 13.4. The minimum absolute atomic E-state index is 0.0670. The quantitative estimate of drug-likeness (QED) is 0.575. The first-order valence-corrected chi connectivity index (χ1v) is 4.55. The van der Waals surface area contributed by atoms with Gasteiger partial charge in [0.25, 0.3) is 0 Å². The summed E-state index contributed by atoms with van der Waals surface area (Å²) in [6, 6.07) is 4.22. The summed E-state index contributed by atoms with van der Waals surface area (Å²) in [5.41, 5.74) is 5.58. The zero-order valence-corrected chi connectivity index (χ0v) is 8.00. The van der Waals surface area contributed by atoms with E-state index in [1.165, 1.54) is 12.1 Å². The molecule has 0 bridgehead atoms. The maximum absolute atomic E-state index is 13.4. The number of nitrogens with two attached hydrogens (primary N) is 1. The molecule has 0 radical (unpaired) electrons. The Bertz CT molecular complexity index is 391. The van der Waals surface area contributed by atoms with E-state index in [1.807, 2.05) is 0 Å². The first-order chi connectivity index (χ1) is 7.16. The summed E-state index contributed by atoms with van der Waals surface area (Å²) in [5, 5.41) is 7.14. The van der Waals surface area contributed by atoms with Crippen LogP contribution in [0.3, 0.4) is 0 Å². The van der Waals surface area contributed by atoms with Crippen molar-refractivity contribution in [2.45, 2.75) is 6.10 Å². The standard InChI is InChI=1S/C10H11FN2O2/c11-8-3-6(10(12)13)1-2-9(8)15-7-4-14-5-7/h1-3,7H,4-5H2,(H3,12,13). The Hall–Kier alpha value is -1.62. The zero-order valence-electron chi connectivity index (χ0n) is 8.00. The summed E-state index contributed by atoms with van der Waals surface area (Å²) in [4.78, 5) is 0. The minimum Gasteiger partial charge on any atom is -0.483 e. The van der Waals surface area contributed by atoms with E-state index in [4.69, 9.17) is 20.6 Å². The van der Waals surface area contributed by atoms with Gasteiger partial charge < -0.3 is 15.2 Å². The number of hydrogen-bond donors (Lipinski definition) is 2. The topological polar surface area (TPSA) is 68.3 Å². The third kappa shape index (κ3) is 2.07. The van der Waals surface area contributed by atoms with Gasteiger partial charge in [0, 0.05) is 5.56 Å². The fraction of sp³-hybridized carbons (Fsp3) is 0.300. The number of benzene rings is 1. The number of nitrogen functional groups attached to an aromatic ring is 1. The molecule has 1 heterocycles. The van der Waals surface area contributed by atoms with Crippen molar-refractivity contribution in [3.8, 4) is 5.75 Å². The van der Waals surface area contributed by atoms with Crippen LogP contribution in [0.15, 0.2) is 18.2 Å². The SMILES string of the molecule is N=C(N)c1ccc(OC2COC2)c(F)c1. The second kappa shape index (κ2) is 3.86. The van der Waals surface area contributed by atoms with Crippen LogP contribution in [0.25, 0.3) is 0 Å². The van der Waals surface area contributed by atoms with Crippen LogP contribution in [0, 0.1) is 11.2 Å². The van der Waals surface area contributed by atoms with Crippen molar-refractivity contribution in [2.24, 2.45) is 5.73 Å². The molecule has 1 aromatic rings. The van der Waals surface area contributed by atoms with Gasteiger partial charge in [-0.3, -0.25) is 5.41 Å². The Morgan fingerprint density at radius 1 is 1.53 bits per heavy atom. The lowest BCUT2D eigenvalue weighted by Crippen LogP contribution is -2.38. The van der Waals surface area contributed by atoms with E-state index < -0.39 is 5.82 Å². The molecule has 0 aliphatic carbocycles. The number of ether oxygens (including phenoxy) is 2. The van der Waals surface area contributed by atoms with Gasteiger partial charge in [0.1, 0.15) is 11.9 Å². The molecule has 3 N–H and O–H groups in total. The zero-order chi connectivity index (χ0) is 10.8. The van der Waals surface area contributed by atoms with Gasteiger partial charge in [0.2, 0.25) is 0 Å². The van der Waals surface area contributed by atoms with Crippen molar-refractivity contribution in [3.63, 3.8) is 0 Å². The van der Waals surface area contributed by atoms with Crippen molar-refractivity contribution in [3.05, 3.63) is 29.6 Å². The van der Waals surface area contributed by atoms with E-state index in [0.717, 1.165) is 0 Å². The summed E-state index contributed by atoms with van der Waals surface area (Å²) >= 11 is 0. The van der Waals surface area contributed by atoms with Crippen LogP contribution in [0.5, 0.6) is 5.75 Å². The van der Waals surface area contributed by atoms with Gasteiger partial charge in [-0.05, 0) is 18.2 Å². The molecule has 15 heavy (non-hydrogen) atoms. The molecule has 0 spiro atoms. The molecule has 80 valence electrons. The molecular formula is C10H11FN2O2. The molecule has 0 atom stereocenters. The van der Waals surface area contributed by atoms with Gasteiger partial charge in [0.05, 0.1) is 13.2 Å². The van der Waals surface area contributed by atoms with Crippen molar-refractivity contribution < 1.29 is 13.9 Å². The van der Waals surface area contributed by atoms with Crippen LogP contribution in [0.1, 0.15) is 5.56 Å². The van der Waals surface area contributed by atoms with Crippen LogP contribution >= 0.6 is 0 Å². The van der Waals surface area contributed by atoms with Crippen molar-refractivity contribution >= 4 is 5.84 Å². The van der Waals surface area contributed by atoms with E-state index in [0.29, 0.717) is 18.8 Å². The Balaban J connectivity index is 2.14. The molecule has 0 aromatic heterocycles. The van der Waals surface area contributed by atoms with E-state index in [-0.39, 0.29) is 17.7 Å². The molecule has 0 unspecified atom stereocenters. The Morgan fingerprint density at radius 3 is 2.73 bits per heavy atom. The van der Waals surface area contributed by atoms with E-state index in [2.05, 4.69) is 0 Å². The van der Waals surface area contributed by atoms with Crippen molar-refractivity contribution in [1.29, 1.82) is 5.41 Å². The second-order valence-corrected chi connectivity index (χ2v) is 3.34. The third-order valence-corrected chi connectivity index (χ3v) is 2.14. The molecule has 0 saturated carbocycles. The van der Waals surface area contributed by atoms with Crippen LogP contribution in [0.4, 0.5) is 4.39 Å². The summed E-state index contributed by atoms with van der Waals surface area (Å²) in [5.74, 6) is -0.490. The summed E-state index contributed by atoms with van der Waals surface area (Å²) in [6.07, 6.45) is -0.0670. The van der Waals surface area contributed by atoms with Crippen molar-refractivity contribution in [1.82, 2.24) is 0 Å².